The number of benzene rings is 1. The number of piperidine rings is 3. The Morgan fingerprint density at radius 2 is 2.22 bits per heavy atom. The molecule has 23 heavy (non-hydrogen) atoms. The van der Waals surface area contributed by atoms with Crippen LogP contribution >= 0.6 is 11.6 Å². The van der Waals surface area contributed by atoms with Gasteiger partial charge in [0.05, 0.1) is 11.6 Å². The highest BCUT2D eigenvalue weighted by Crippen LogP contribution is 2.42. The zero-order chi connectivity index (χ0) is 16.0. The molecule has 3 nitrogen and oxygen atoms in total. The zero-order valence-electron chi connectivity index (χ0n) is 13.0. The molecule has 3 aliphatic heterocycles. The number of halogens is 1. The summed E-state index contributed by atoms with van der Waals surface area (Å²) in [6.45, 7) is 6.04. The molecule has 1 aromatic heterocycles. The van der Waals surface area contributed by atoms with Gasteiger partial charge < -0.3 is 5.11 Å². The summed E-state index contributed by atoms with van der Waals surface area (Å²) in [6.07, 6.45) is 3.77. The third-order valence-corrected chi connectivity index (χ3v) is 5.75. The second-order valence-corrected chi connectivity index (χ2v) is 7.13. The fourth-order valence-electron chi connectivity index (χ4n) is 4.33. The van der Waals surface area contributed by atoms with Gasteiger partial charge in [-0.25, -0.2) is 4.98 Å². The number of hydrogen-bond acceptors (Lipinski definition) is 3. The summed E-state index contributed by atoms with van der Waals surface area (Å²) in [5, 5.41) is 12.5. The molecule has 0 spiro atoms. The number of aliphatic hydroxyl groups is 1. The fourth-order valence-corrected chi connectivity index (χ4v) is 4.53. The van der Waals surface area contributed by atoms with Gasteiger partial charge in [-0.05, 0) is 48.9 Å². The Kier molecular flexibility index (Phi) is 3.88. The van der Waals surface area contributed by atoms with Crippen molar-refractivity contribution < 1.29 is 5.11 Å². The van der Waals surface area contributed by atoms with E-state index in [0.717, 1.165) is 36.0 Å². The molecule has 4 heterocycles. The molecule has 1 unspecified atom stereocenters. The summed E-state index contributed by atoms with van der Waals surface area (Å²) < 4.78 is 0. The molecule has 5 atom stereocenters. The van der Waals surface area contributed by atoms with Crippen LogP contribution in [0.25, 0.3) is 10.9 Å². The van der Waals surface area contributed by atoms with E-state index in [1.165, 1.54) is 6.42 Å². The summed E-state index contributed by atoms with van der Waals surface area (Å²) in [5.41, 5.74) is 1.74. The maximum Gasteiger partial charge on any atom is 0.130 e. The lowest BCUT2D eigenvalue weighted by Gasteiger charge is -2.50. The van der Waals surface area contributed by atoms with Crippen LogP contribution in [0.4, 0.5) is 0 Å². The lowest BCUT2D eigenvalue weighted by molar-refractivity contribution is -0.0444. The predicted octanol–water partition coefficient (Wildman–Crippen LogP) is 3.82. The van der Waals surface area contributed by atoms with E-state index in [-0.39, 0.29) is 6.04 Å². The molecule has 3 fully saturated rings. The number of fused-ring (bicyclic) bond motifs is 4. The van der Waals surface area contributed by atoms with E-state index in [2.05, 4.69) is 22.5 Å². The van der Waals surface area contributed by atoms with Gasteiger partial charge in [-0.1, -0.05) is 35.9 Å². The summed E-state index contributed by atoms with van der Waals surface area (Å²) in [6, 6.07) is 9.87. The smallest absolute Gasteiger partial charge is 0.130 e. The molecule has 1 N–H and O–H groups in total. The number of nitrogens with zero attached hydrogens (tertiary/aromatic N) is 2. The minimum atomic E-state index is -0.533. The lowest BCUT2D eigenvalue weighted by atomic mass is 9.73. The molecule has 1 aromatic carbocycles. The maximum absolute atomic E-state index is 11.1. The van der Waals surface area contributed by atoms with Crippen LogP contribution in [0.3, 0.4) is 0 Å². The van der Waals surface area contributed by atoms with Crippen molar-refractivity contribution in [2.24, 2.45) is 11.8 Å². The number of aromatic nitrogens is 1. The molecule has 120 valence electrons. The Labute approximate surface area is 141 Å². The molecule has 0 saturated carbocycles. The Hall–Kier alpha value is -1.42. The summed E-state index contributed by atoms with van der Waals surface area (Å²) in [4.78, 5) is 6.78. The number of hydrogen-bond donors (Lipinski definition) is 1. The van der Waals surface area contributed by atoms with E-state index in [9.17, 15) is 5.11 Å². The third-order valence-electron chi connectivity index (χ3n) is 5.55. The monoisotopic (exact) mass is 328 g/mol. The van der Waals surface area contributed by atoms with Crippen molar-refractivity contribution >= 4 is 22.5 Å². The van der Waals surface area contributed by atoms with E-state index >= 15 is 0 Å². The maximum atomic E-state index is 11.1. The lowest BCUT2D eigenvalue weighted by Crippen LogP contribution is -2.54. The standard InChI is InChI=1S/C19H21ClN2O/c1-2-12-11-22-8-7-13(12)9-17(22)19(23)15-10-18(20)21-16-6-4-3-5-14(15)16/h2-6,10,12-13,17,19,23H,1,7-9,11H2/t12-,13-,17+,19-/m0/s1. The summed E-state index contributed by atoms with van der Waals surface area (Å²) in [7, 11) is 0. The largest absolute Gasteiger partial charge is 0.387 e. The van der Waals surface area contributed by atoms with Crippen LogP contribution in [0.5, 0.6) is 0 Å². The van der Waals surface area contributed by atoms with E-state index in [1.54, 1.807) is 0 Å². The molecular formula is C19H21ClN2O. The van der Waals surface area contributed by atoms with Crippen molar-refractivity contribution in [2.75, 3.05) is 13.1 Å². The molecular weight excluding hydrogens is 308 g/mol. The molecule has 0 amide bonds. The van der Waals surface area contributed by atoms with Gasteiger partial charge in [-0.3, -0.25) is 4.90 Å². The van der Waals surface area contributed by atoms with Crippen molar-refractivity contribution in [2.45, 2.75) is 25.0 Å². The average Bonchev–Trinajstić information content (AvgIpc) is 2.60. The van der Waals surface area contributed by atoms with E-state index in [1.807, 2.05) is 30.3 Å². The van der Waals surface area contributed by atoms with Crippen LogP contribution in [0, 0.1) is 11.8 Å². The summed E-state index contributed by atoms with van der Waals surface area (Å²) >= 11 is 6.18. The molecule has 0 aliphatic carbocycles. The molecule has 5 rings (SSSR count). The van der Waals surface area contributed by atoms with Crippen LogP contribution in [0.15, 0.2) is 43.0 Å². The number of rotatable bonds is 3. The van der Waals surface area contributed by atoms with Crippen LogP contribution < -0.4 is 0 Å². The first-order valence-electron chi connectivity index (χ1n) is 8.27. The van der Waals surface area contributed by atoms with Crippen LogP contribution in [-0.2, 0) is 0 Å². The number of para-hydroxylation sites is 1. The topological polar surface area (TPSA) is 36.4 Å². The van der Waals surface area contributed by atoms with Crippen LogP contribution in [0.1, 0.15) is 24.5 Å². The molecule has 4 heteroatoms. The summed E-state index contributed by atoms with van der Waals surface area (Å²) in [5.74, 6) is 1.20. The predicted molar refractivity (Wildman–Crippen MR) is 93.5 cm³/mol. The van der Waals surface area contributed by atoms with Crippen LogP contribution in [-0.4, -0.2) is 34.1 Å². The second kappa shape index (κ2) is 5.90. The number of aliphatic hydroxyl groups excluding tert-OH is 1. The zero-order valence-corrected chi connectivity index (χ0v) is 13.8. The van der Waals surface area contributed by atoms with E-state index in [4.69, 9.17) is 11.6 Å². The normalized spacial score (nSPS) is 31.2. The van der Waals surface area contributed by atoms with Gasteiger partial charge in [0.1, 0.15) is 5.15 Å². The SMILES string of the molecule is C=C[C@H]1CN2CC[C@H]1C[C@@H]2[C@@H](O)c1cc(Cl)nc2ccccc12. The van der Waals surface area contributed by atoms with Gasteiger partial charge >= 0.3 is 0 Å². The van der Waals surface area contributed by atoms with Crippen molar-refractivity contribution in [3.8, 4) is 0 Å². The first-order chi connectivity index (χ1) is 11.2. The van der Waals surface area contributed by atoms with Crippen molar-refractivity contribution in [3.63, 3.8) is 0 Å². The average molecular weight is 329 g/mol. The minimum absolute atomic E-state index is 0.159. The van der Waals surface area contributed by atoms with E-state index in [0.29, 0.717) is 17.0 Å². The van der Waals surface area contributed by atoms with Crippen molar-refractivity contribution in [1.29, 1.82) is 0 Å². The minimum Gasteiger partial charge on any atom is -0.387 e. The Bertz CT molecular complexity index is 747. The first-order valence-corrected chi connectivity index (χ1v) is 8.65. The van der Waals surface area contributed by atoms with Gasteiger partial charge in [0.15, 0.2) is 0 Å². The number of pyridine rings is 1. The van der Waals surface area contributed by atoms with Crippen molar-refractivity contribution in [1.82, 2.24) is 9.88 Å². The van der Waals surface area contributed by atoms with Gasteiger partial charge in [-0.15, -0.1) is 6.58 Å². The molecule has 3 saturated heterocycles. The Morgan fingerprint density at radius 1 is 1.39 bits per heavy atom. The van der Waals surface area contributed by atoms with Gasteiger partial charge in [0.25, 0.3) is 0 Å². The first kappa shape index (κ1) is 15.1. The molecule has 2 bridgehead atoms. The highest BCUT2D eigenvalue weighted by molar-refractivity contribution is 6.29. The van der Waals surface area contributed by atoms with Gasteiger partial charge in [0, 0.05) is 18.0 Å². The highest BCUT2D eigenvalue weighted by Gasteiger charge is 2.42. The van der Waals surface area contributed by atoms with Crippen molar-refractivity contribution in [3.05, 3.63) is 53.7 Å². The Morgan fingerprint density at radius 3 is 2.96 bits per heavy atom. The second-order valence-electron chi connectivity index (χ2n) is 6.74. The molecule has 2 aromatic rings. The van der Waals surface area contributed by atoms with Gasteiger partial charge in [0.2, 0.25) is 0 Å². The van der Waals surface area contributed by atoms with E-state index < -0.39 is 6.10 Å². The van der Waals surface area contributed by atoms with Crippen LogP contribution in [0.2, 0.25) is 5.15 Å². The molecule has 3 aliphatic rings. The third kappa shape index (κ3) is 2.57. The molecule has 0 radical (unpaired) electrons. The fraction of sp³-hybridized carbons (Fsp3) is 0.421. The Balaban J connectivity index is 1.70. The quantitative estimate of drug-likeness (QED) is 0.687. The highest BCUT2D eigenvalue weighted by atomic mass is 35.5. The van der Waals surface area contributed by atoms with Gasteiger partial charge in [-0.2, -0.15) is 0 Å².